The molecule has 7 heteroatoms. The Hall–Kier alpha value is -2.05. The van der Waals surface area contributed by atoms with E-state index in [2.05, 4.69) is 10.3 Å². The minimum absolute atomic E-state index is 0.274. The van der Waals surface area contributed by atoms with Gasteiger partial charge in [-0.2, -0.15) is 0 Å². The Balaban J connectivity index is 2.21. The average Bonchev–Trinajstić information content (AvgIpc) is 2.84. The molecule has 0 saturated carbocycles. The summed E-state index contributed by atoms with van der Waals surface area (Å²) in [7, 11) is 0. The lowest BCUT2D eigenvalue weighted by Crippen LogP contribution is -2.43. The molecule has 0 atom stereocenters. The SMILES string of the molecule is CCN(CC(=O)O)C(=O)NCCCn1ccnc1. The second-order valence-corrected chi connectivity index (χ2v) is 3.79. The van der Waals surface area contributed by atoms with Gasteiger partial charge in [0.05, 0.1) is 6.33 Å². The molecule has 0 unspecified atom stereocenters. The van der Waals surface area contributed by atoms with Gasteiger partial charge in [-0.05, 0) is 13.3 Å². The number of likely N-dealkylation sites (N-methyl/N-ethyl adjacent to an activating group) is 1. The van der Waals surface area contributed by atoms with Crippen molar-refractivity contribution in [3.8, 4) is 0 Å². The van der Waals surface area contributed by atoms with E-state index >= 15 is 0 Å². The van der Waals surface area contributed by atoms with Crippen LogP contribution in [0, 0.1) is 0 Å². The molecule has 1 heterocycles. The van der Waals surface area contributed by atoms with Crippen molar-refractivity contribution in [2.75, 3.05) is 19.6 Å². The topological polar surface area (TPSA) is 87.5 Å². The number of nitrogens with zero attached hydrogens (tertiary/aromatic N) is 3. The fraction of sp³-hybridized carbons (Fsp3) is 0.545. The first kappa shape index (κ1) is 14.0. The lowest BCUT2D eigenvalue weighted by molar-refractivity contribution is -0.137. The molecule has 0 spiro atoms. The lowest BCUT2D eigenvalue weighted by atomic mass is 10.4. The number of carbonyl (C=O) groups is 2. The number of carboxylic acid groups (broad SMARTS) is 1. The summed E-state index contributed by atoms with van der Waals surface area (Å²) < 4.78 is 1.92. The predicted octanol–water partition coefficient (Wildman–Crippen LogP) is 0.389. The summed E-state index contributed by atoms with van der Waals surface area (Å²) in [5, 5.41) is 11.3. The molecule has 0 aliphatic carbocycles. The quantitative estimate of drug-likeness (QED) is 0.689. The zero-order valence-electron chi connectivity index (χ0n) is 10.4. The molecule has 2 amide bonds. The van der Waals surface area contributed by atoms with Crippen molar-refractivity contribution in [3.63, 3.8) is 0 Å². The van der Waals surface area contributed by atoms with E-state index in [1.807, 2.05) is 10.8 Å². The monoisotopic (exact) mass is 254 g/mol. The van der Waals surface area contributed by atoms with Crippen LogP contribution in [0.2, 0.25) is 0 Å². The number of nitrogens with one attached hydrogen (secondary N) is 1. The number of amides is 2. The van der Waals surface area contributed by atoms with Gasteiger partial charge in [0, 0.05) is 32.0 Å². The number of carbonyl (C=O) groups excluding carboxylic acids is 1. The molecule has 100 valence electrons. The summed E-state index contributed by atoms with van der Waals surface area (Å²) in [6.45, 7) is 3.12. The summed E-state index contributed by atoms with van der Waals surface area (Å²) in [6.07, 6.45) is 6.03. The van der Waals surface area contributed by atoms with Gasteiger partial charge < -0.3 is 19.9 Å². The first-order chi connectivity index (χ1) is 8.63. The van der Waals surface area contributed by atoms with Crippen LogP contribution in [-0.4, -0.2) is 51.2 Å². The molecular formula is C11H18N4O3. The summed E-state index contributed by atoms with van der Waals surface area (Å²) in [6, 6.07) is -0.342. The number of hydrogen-bond donors (Lipinski definition) is 2. The van der Waals surface area contributed by atoms with Gasteiger partial charge in [0.25, 0.3) is 0 Å². The van der Waals surface area contributed by atoms with Crippen molar-refractivity contribution < 1.29 is 14.7 Å². The highest BCUT2D eigenvalue weighted by Crippen LogP contribution is 1.92. The standard InChI is InChI=1S/C11H18N4O3/c1-2-15(8-10(16)17)11(18)13-4-3-6-14-7-5-12-9-14/h5,7,9H,2-4,6,8H2,1H3,(H,13,18)(H,16,17). The van der Waals surface area contributed by atoms with E-state index in [0.717, 1.165) is 13.0 Å². The molecule has 1 aromatic heterocycles. The molecule has 18 heavy (non-hydrogen) atoms. The van der Waals surface area contributed by atoms with Crippen LogP contribution in [0.4, 0.5) is 4.79 Å². The second kappa shape index (κ2) is 7.31. The lowest BCUT2D eigenvalue weighted by Gasteiger charge is -2.19. The van der Waals surface area contributed by atoms with Crippen LogP contribution in [0.15, 0.2) is 18.7 Å². The zero-order chi connectivity index (χ0) is 13.4. The van der Waals surface area contributed by atoms with Crippen molar-refractivity contribution >= 4 is 12.0 Å². The normalized spacial score (nSPS) is 10.1. The predicted molar refractivity (Wildman–Crippen MR) is 65.1 cm³/mol. The molecule has 0 fully saturated rings. The Labute approximate surface area is 105 Å². The first-order valence-corrected chi connectivity index (χ1v) is 5.83. The largest absolute Gasteiger partial charge is 0.480 e. The Morgan fingerprint density at radius 3 is 2.83 bits per heavy atom. The van der Waals surface area contributed by atoms with E-state index < -0.39 is 5.97 Å². The maximum Gasteiger partial charge on any atom is 0.323 e. The second-order valence-electron chi connectivity index (χ2n) is 3.79. The number of rotatable bonds is 7. The first-order valence-electron chi connectivity index (χ1n) is 5.83. The number of aryl methyl sites for hydroxylation is 1. The van der Waals surface area contributed by atoms with Gasteiger partial charge in [-0.25, -0.2) is 9.78 Å². The number of hydrogen-bond acceptors (Lipinski definition) is 3. The van der Waals surface area contributed by atoms with Crippen molar-refractivity contribution in [1.82, 2.24) is 19.8 Å². The third-order valence-electron chi connectivity index (χ3n) is 2.42. The molecule has 1 rings (SSSR count). The number of carboxylic acids is 1. The van der Waals surface area contributed by atoms with Crippen LogP contribution in [0.25, 0.3) is 0 Å². The Kier molecular flexibility index (Phi) is 5.69. The Morgan fingerprint density at radius 2 is 2.28 bits per heavy atom. The molecule has 0 bridgehead atoms. The van der Waals surface area contributed by atoms with Crippen LogP contribution in [-0.2, 0) is 11.3 Å². The highest BCUT2D eigenvalue weighted by Gasteiger charge is 2.13. The van der Waals surface area contributed by atoms with Gasteiger partial charge in [-0.3, -0.25) is 4.79 Å². The maximum absolute atomic E-state index is 11.6. The molecule has 0 aromatic carbocycles. The smallest absolute Gasteiger partial charge is 0.323 e. The van der Waals surface area contributed by atoms with Crippen LogP contribution < -0.4 is 5.32 Å². The van der Waals surface area contributed by atoms with Gasteiger partial charge in [0.2, 0.25) is 0 Å². The van der Waals surface area contributed by atoms with E-state index in [1.165, 1.54) is 4.90 Å². The summed E-state index contributed by atoms with van der Waals surface area (Å²) in [4.78, 5) is 27.3. The van der Waals surface area contributed by atoms with Crippen LogP contribution in [0.3, 0.4) is 0 Å². The Morgan fingerprint density at radius 1 is 1.50 bits per heavy atom. The van der Waals surface area contributed by atoms with Gasteiger partial charge in [0.15, 0.2) is 0 Å². The van der Waals surface area contributed by atoms with E-state index in [1.54, 1.807) is 19.4 Å². The maximum atomic E-state index is 11.6. The number of imidazole rings is 1. The number of aromatic nitrogens is 2. The van der Waals surface area contributed by atoms with E-state index in [9.17, 15) is 9.59 Å². The molecule has 0 aliphatic heterocycles. The van der Waals surface area contributed by atoms with Crippen molar-refractivity contribution in [3.05, 3.63) is 18.7 Å². The minimum atomic E-state index is -1.01. The molecular weight excluding hydrogens is 236 g/mol. The van der Waals surface area contributed by atoms with Crippen LogP contribution in [0.1, 0.15) is 13.3 Å². The highest BCUT2D eigenvalue weighted by atomic mass is 16.4. The van der Waals surface area contributed by atoms with E-state index in [4.69, 9.17) is 5.11 Å². The van der Waals surface area contributed by atoms with Crippen molar-refractivity contribution in [2.45, 2.75) is 19.9 Å². The molecule has 0 saturated heterocycles. The van der Waals surface area contributed by atoms with Gasteiger partial charge in [-0.15, -0.1) is 0 Å². The molecule has 0 aliphatic rings. The summed E-state index contributed by atoms with van der Waals surface area (Å²) in [5.74, 6) is -1.01. The zero-order valence-corrected chi connectivity index (χ0v) is 10.4. The minimum Gasteiger partial charge on any atom is -0.480 e. The van der Waals surface area contributed by atoms with Crippen LogP contribution in [0.5, 0.6) is 0 Å². The fourth-order valence-corrected chi connectivity index (χ4v) is 1.48. The van der Waals surface area contributed by atoms with Crippen LogP contribution >= 0.6 is 0 Å². The highest BCUT2D eigenvalue weighted by molar-refractivity contribution is 5.79. The molecule has 2 N–H and O–H groups in total. The van der Waals surface area contributed by atoms with Gasteiger partial charge in [0.1, 0.15) is 6.54 Å². The fourth-order valence-electron chi connectivity index (χ4n) is 1.48. The third kappa shape index (κ3) is 4.86. The summed E-state index contributed by atoms with van der Waals surface area (Å²) in [5.41, 5.74) is 0. The van der Waals surface area contributed by atoms with Gasteiger partial charge >= 0.3 is 12.0 Å². The molecule has 0 radical (unpaired) electrons. The summed E-state index contributed by atoms with van der Waals surface area (Å²) >= 11 is 0. The number of urea groups is 1. The van der Waals surface area contributed by atoms with Gasteiger partial charge in [-0.1, -0.05) is 0 Å². The van der Waals surface area contributed by atoms with Crippen molar-refractivity contribution in [2.24, 2.45) is 0 Å². The molecule has 7 nitrogen and oxygen atoms in total. The Bertz CT molecular complexity index is 378. The van der Waals surface area contributed by atoms with E-state index in [0.29, 0.717) is 13.1 Å². The average molecular weight is 254 g/mol. The number of aliphatic carboxylic acids is 1. The third-order valence-corrected chi connectivity index (χ3v) is 2.42. The van der Waals surface area contributed by atoms with Crippen molar-refractivity contribution in [1.29, 1.82) is 0 Å². The van der Waals surface area contributed by atoms with E-state index in [-0.39, 0.29) is 12.6 Å². The molecule has 1 aromatic rings.